The number of rotatable bonds is 7. The van der Waals surface area contributed by atoms with Crippen LogP contribution in [0.4, 0.5) is 0 Å². The Hall–Kier alpha value is 0.310. The molecule has 0 amide bonds. The quantitative estimate of drug-likeness (QED) is 0.723. The summed E-state index contributed by atoms with van der Waals surface area (Å²) in [4.78, 5) is 0. The molecular formula is C14H29NS. The van der Waals surface area contributed by atoms with Gasteiger partial charge in [0.1, 0.15) is 0 Å². The molecule has 1 saturated carbocycles. The molecule has 2 heteroatoms. The number of hydrogen-bond donors (Lipinski definition) is 1. The smallest absolute Gasteiger partial charge is 0.00805 e. The van der Waals surface area contributed by atoms with Crippen molar-refractivity contribution in [2.75, 3.05) is 6.26 Å². The van der Waals surface area contributed by atoms with Gasteiger partial charge < -0.3 is 5.32 Å². The van der Waals surface area contributed by atoms with Crippen molar-refractivity contribution in [3.05, 3.63) is 0 Å². The van der Waals surface area contributed by atoms with Gasteiger partial charge in [0.2, 0.25) is 0 Å². The number of thioether (sulfide) groups is 1. The zero-order valence-corrected chi connectivity index (χ0v) is 12.3. The summed E-state index contributed by atoms with van der Waals surface area (Å²) in [6.07, 6.45) is 10.4. The van der Waals surface area contributed by atoms with E-state index in [1.165, 1.54) is 38.5 Å². The van der Waals surface area contributed by atoms with E-state index in [1.54, 1.807) is 0 Å². The first-order valence-electron chi connectivity index (χ1n) is 6.98. The molecular weight excluding hydrogens is 214 g/mol. The Balaban J connectivity index is 2.28. The van der Waals surface area contributed by atoms with Crippen molar-refractivity contribution in [2.45, 2.75) is 76.6 Å². The predicted molar refractivity (Wildman–Crippen MR) is 76.2 cm³/mol. The summed E-state index contributed by atoms with van der Waals surface area (Å²) in [6.45, 7) is 7.00. The van der Waals surface area contributed by atoms with Crippen LogP contribution in [0.5, 0.6) is 0 Å². The molecule has 0 heterocycles. The highest BCUT2D eigenvalue weighted by atomic mass is 32.2. The fourth-order valence-corrected chi connectivity index (χ4v) is 3.44. The Morgan fingerprint density at radius 1 is 1.25 bits per heavy atom. The van der Waals surface area contributed by atoms with Gasteiger partial charge in [0.15, 0.2) is 0 Å². The van der Waals surface area contributed by atoms with Crippen molar-refractivity contribution < 1.29 is 0 Å². The molecule has 0 bridgehead atoms. The van der Waals surface area contributed by atoms with E-state index in [2.05, 4.69) is 32.3 Å². The molecule has 4 atom stereocenters. The van der Waals surface area contributed by atoms with Crippen LogP contribution in [0.25, 0.3) is 0 Å². The van der Waals surface area contributed by atoms with Crippen LogP contribution in [0.15, 0.2) is 0 Å². The van der Waals surface area contributed by atoms with E-state index in [-0.39, 0.29) is 0 Å². The fraction of sp³-hybridized carbons (Fsp3) is 1.00. The normalized spacial score (nSPS) is 29.2. The number of nitrogens with one attached hydrogen (secondary N) is 1. The van der Waals surface area contributed by atoms with Crippen LogP contribution >= 0.6 is 11.8 Å². The first kappa shape index (κ1) is 14.4. The minimum atomic E-state index is 0.751. The van der Waals surface area contributed by atoms with Gasteiger partial charge in [0.05, 0.1) is 0 Å². The molecule has 4 unspecified atom stereocenters. The van der Waals surface area contributed by atoms with Crippen LogP contribution in [-0.4, -0.2) is 23.6 Å². The van der Waals surface area contributed by atoms with Crippen molar-refractivity contribution in [1.82, 2.24) is 5.32 Å². The molecule has 0 aliphatic heterocycles. The summed E-state index contributed by atoms with van der Waals surface area (Å²) >= 11 is 2.05. The molecule has 0 saturated heterocycles. The standard InChI is InChI=1S/C14H29NS/c1-5-11(3)9-12(6-2)15-13-7-8-14(10-13)16-4/h11-15H,5-10H2,1-4H3. The molecule has 1 fully saturated rings. The molecule has 0 spiro atoms. The Morgan fingerprint density at radius 2 is 2.00 bits per heavy atom. The summed E-state index contributed by atoms with van der Waals surface area (Å²) in [7, 11) is 0. The van der Waals surface area contributed by atoms with Gasteiger partial charge in [-0.3, -0.25) is 0 Å². The average Bonchev–Trinajstić information content (AvgIpc) is 2.75. The van der Waals surface area contributed by atoms with Crippen LogP contribution in [0.1, 0.15) is 59.3 Å². The van der Waals surface area contributed by atoms with E-state index in [4.69, 9.17) is 0 Å². The van der Waals surface area contributed by atoms with E-state index in [0.29, 0.717) is 0 Å². The lowest BCUT2D eigenvalue weighted by atomic mass is 9.97. The topological polar surface area (TPSA) is 12.0 Å². The molecule has 1 aliphatic carbocycles. The van der Waals surface area contributed by atoms with E-state index in [9.17, 15) is 0 Å². The van der Waals surface area contributed by atoms with Crippen molar-refractivity contribution in [1.29, 1.82) is 0 Å². The molecule has 1 aliphatic rings. The van der Waals surface area contributed by atoms with Crippen molar-refractivity contribution >= 4 is 11.8 Å². The number of hydrogen-bond acceptors (Lipinski definition) is 2. The van der Waals surface area contributed by atoms with Crippen molar-refractivity contribution in [3.8, 4) is 0 Å². The van der Waals surface area contributed by atoms with Crippen LogP contribution < -0.4 is 5.32 Å². The maximum absolute atomic E-state index is 3.88. The first-order valence-corrected chi connectivity index (χ1v) is 8.27. The SMILES string of the molecule is CCC(C)CC(CC)NC1CCC(SC)C1. The van der Waals surface area contributed by atoms with Gasteiger partial charge in [-0.05, 0) is 44.3 Å². The van der Waals surface area contributed by atoms with Crippen LogP contribution in [-0.2, 0) is 0 Å². The van der Waals surface area contributed by atoms with E-state index >= 15 is 0 Å². The molecule has 1 N–H and O–H groups in total. The molecule has 1 rings (SSSR count). The maximum atomic E-state index is 3.88. The Bertz CT molecular complexity index is 184. The third-order valence-corrected chi connectivity index (χ3v) is 5.16. The predicted octanol–water partition coefficient (Wildman–Crippen LogP) is 4.07. The highest BCUT2D eigenvalue weighted by Crippen LogP contribution is 2.29. The summed E-state index contributed by atoms with van der Waals surface area (Å²) in [5.74, 6) is 0.871. The van der Waals surface area contributed by atoms with Gasteiger partial charge in [-0.2, -0.15) is 11.8 Å². The van der Waals surface area contributed by atoms with Crippen LogP contribution in [0.2, 0.25) is 0 Å². The average molecular weight is 243 g/mol. The largest absolute Gasteiger partial charge is 0.311 e. The van der Waals surface area contributed by atoms with Gasteiger partial charge in [-0.15, -0.1) is 0 Å². The Kier molecular flexibility index (Phi) is 6.83. The van der Waals surface area contributed by atoms with Crippen LogP contribution in [0.3, 0.4) is 0 Å². The summed E-state index contributed by atoms with van der Waals surface area (Å²) in [5, 5.41) is 4.80. The lowest BCUT2D eigenvalue weighted by Gasteiger charge is -2.24. The summed E-state index contributed by atoms with van der Waals surface area (Å²) < 4.78 is 0. The Labute approximate surface area is 106 Å². The second-order valence-electron chi connectivity index (χ2n) is 5.39. The van der Waals surface area contributed by atoms with E-state index in [0.717, 1.165) is 23.3 Å². The van der Waals surface area contributed by atoms with E-state index in [1.807, 2.05) is 11.8 Å². The van der Waals surface area contributed by atoms with Crippen molar-refractivity contribution in [3.63, 3.8) is 0 Å². The third kappa shape index (κ3) is 4.67. The molecule has 0 aromatic heterocycles. The highest BCUT2D eigenvalue weighted by Gasteiger charge is 2.25. The lowest BCUT2D eigenvalue weighted by molar-refractivity contribution is 0.349. The third-order valence-electron chi connectivity index (χ3n) is 4.07. The molecule has 16 heavy (non-hydrogen) atoms. The van der Waals surface area contributed by atoms with Gasteiger partial charge in [-0.1, -0.05) is 27.2 Å². The van der Waals surface area contributed by atoms with Gasteiger partial charge >= 0.3 is 0 Å². The minimum absolute atomic E-state index is 0.751. The minimum Gasteiger partial charge on any atom is -0.311 e. The molecule has 1 nitrogen and oxygen atoms in total. The monoisotopic (exact) mass is 243 g/mol. The molecule has 0 aromatic rings. The van der Waals surface area contributed by atoms with Crippen LogP contribution in [0, 0.1) is 5.92 Å². The van der Waals surface area contributed by atoms with Crippen molar-refractivity contribution in [2.24, 2.45) is 5.92 Å². The van der Waals surface area contributed by atoms with E-state index < -0.39 is 0 Å². The van der Waals surface area contributed by atoms with Gasteiger partial charge in [0, 0.05) is 17.3 Å². The highest BCUT2D eigenvalue weighted by molar-refractivity contribution is 7.99. The van der Waals surface area contributed by atoms with Gasteiger partial charge in [0.25, 0.3) is 0 Å². The summed E-state index contributed by atoms with van der Waals surface area (Å²) in [5.41, 5.74) is 0. The maximum Gasteiger partial charge on any atom is 0.00805 e. The second-order valence-corrected chi connectivity index (χ2v) is 6.53. The Morgan fingerprint density at radius 3 is 2.50 bits per heavy atom. The molecule has 0 radical (unpaired) electrons. The molecule has 96 valence electrons. The second kappa shape index (κ2) is 7.60. The summed E-state index contributed by atoms with van der Waals surface area (Å²) in [6, 6.07) is 1.55. The fourth-order valence-electron chi connectivity index (χ4n) is 2.64. The molecule has 0 aromatic carbocycles. The van der Waals surface area contributed by atoms with Gasteiger partial charge in [-0.25, -0.2) is 0 Å². The zero-order valence-electron chi connectivity index (χ0n) is 11.5. The zero-order chi connectivity index (χ0) is 12.0. The first-order chi connectivity index (χ1) is 7.69. The lowest BCUT2D eigenvalue weighted by Crippen LogP contribution is -2.37.